The molecule has 1 unspecified atom stereocenters. The van der Waals surface area contributed by atoms with Crippen LogP contribution in [-0.4, -0.2) is 12.6 Å². The third-order valence-corrected chi connectivity index (χ3v) is 4.81. The summed E-state index contributed by atoms with van der Waals surface area (Å²) < 4.78 is 5.41. The molecule has 0 amide bonds. The van der Waals surface area contributed by atoms with E-state index in [1.54, 1.807) is 0 Å². The van der Waals surface area contributed by atoms with Gasteiger partial charge in [-0.25, -0.2) is 0 Å². The van der Waals surface area contributed by atoms with Gasteiger partial charge in [0, 0.05) is 10.8 Å². The number of esters is 1. The predicted octanol–water partition coefficient (Wildman–Crippen LogP) is 5.19. The minimum atomic E-state index is -0.300. The van der Waals surface area contributed by atoms with Crippen LogP contribution in [-0.2, 0) is 9.53 Å². The van der Waals surface area contributed by atoms with E-state index in [2.05, 4.69) is 6.92 Å². The van der Waals surface area contributed by atoms with E-state index in [-0.39, 0.29) is 17.3 Å². The Hall–Kier alpha value is -2.68. The minimum Gasteiger partial charge on any atom is -0.465 e. The van der Waals surface area contributed by atoms with Crippen molar-refractivity contribution in [3.63, 3.8) is 0 Å². The average Bonchev–Trinajstić information content (AvgIpc) is 2.80. The van der Waals surface area contributed by atoms with E-state index in [9.17, 15) is 9.59 Å². The lowest BCUT2D eigenvalue weighted by Crippen LogP contribution is -2.16. The summed E-state index contributed by atoms with van der Waals surface area (Å²) in [4.78, 5) is 25.3. The number of unbranched alkanes of at least 4 members (excludes halogenated alkanes) is 1. The fraction of sp³-hybridized carbons (Fsp3) is 0.304. The summed E-state index contributed by atoms with van der Waals surface area (Å²) in [6, 6.07) is 17.2. The molecule has 3 nitrogen and oxygen atoms in total. The highest BCUT2D eigenvalue weighted by Crippen LogP contribution is 2.25. The molecule has 26 heavy (non-hydrogen) atoms. The summed E-state index contributed by atoms with van der Waals surface area (Å²) in [5.41, 5.74) is 0.918. The largest absolute Gasteiger partial charge is 0.465 e. The molecule has 3 aromatic rings. The van der Waals surface area contributed by atoms with Gasteiger partial charge in [-0.2, -0.15) is 0 Å². The van der Waals surface area contributed by atoms with E-state index in [1.165, 1.54) is 0 Å². The van der Waals surface area contributed by atoms with Gasteiger partial charge in [0.2, 0.25) is 0 Å². The van der Waals surface area contributed by atoms with Crippen LogP contribution in [0.4, 0.5) is 0 Å². The second-order valence-corrected chi connectivity index (χ2v) is 6.58. The zero-order valence-corrected chi connectivity index (χ0v) is 15.3. The third-order valence-electron chi connectivity index (χ3n) is 4.81. The van der Waals surface area contributed by atoms with Crippen molar-refractivity contribution in [1.29, 1.82) is 0 Å². The average molecular weight is 348 g/mol. The molecular formula is C23H24O3. The van der Waals surface area contributed by atoms with Crippen molar-refractivity contribution >= 4 is 27.5 Å². The Balaban J connectivity index is 2.04. The summed E-state index contributed by atoms with van der Waals surface area (Å²) in [6.07, 6.45) is 2.54. The van der Waals surface area contributed by atoms with Gasteiger partial charge in [-0.15, -0.1) is 0 Å². The first-order valence-electron chi connectivity index (χ1n) is 9.28. The van der Waals surface area contributed by atoms with Crippen LogP contribution in [0.25, 0.3) is 21.5 Å². The molecule has 0 heterocycles. The maximum atomic E-state index is 12.9. The number of benzene rings is 2. The number of carbonyl (C=O) groups is 1. The maximum Gasteiger partial charge on any atom is 0.313 e. The molecular weight excluding hydrogens is 324 g/mol. The molecule has 0 aliphatic heterocycles. The van der Waals surface area contributed by atoms with Crippen molar-refractivity contribution in [3.8, 4) is 0 Å². The molecule has 3 rings (SSSR count). The maximum absolute atomic E-state index is 12.9. The number of rotatable bonds is 6. The zero-order valence-electron chi connectivity index (χ0n) is 15.3. The highest BCUT2D eigenvalue weighted by Gasteiger charge is 2.20. The second-order valence-electron chi connectivity index (χ2n) is 6.58. The Labute approximate surface area is 153 Å². The van der Waals surface area contributed by atoms with Gasteiger partial charge in [0.15, 0.2) is 5.43 Å². The van der Waals surface area contributed by atoms with Gasteiger partial charge in [0.05, 0.1) is 12.5 Å². The van der Waals surface area contributed by atoms with Crippen LogP contribution < -0.4 is 5.43 Å². The van der Waals surface area contributed by atoms with Crippen LogP contribution in [0.15, 0.2) is 59.4 Å². The van der Waals surface area contributed by atoms with Crippen molar-refractivity contribution in [3.05, 3.63) is 70.4 Å². The Kier molecular flexibility index (Phi) is 5.67. The van der Waals surface area contributed by atoms with Crippen LogP contribution in [0.2, 0.25) is 0 Å². The summed E-state index contributed by atoms with van der Waals surface area (Å²) in [5, 5.41) is 3.15. The van der Waals surface area contributed by atoms with Gasteiger partial charge < -0.3 is 4.74 Å². The van der Waals surface area contributed by atoms with Gasteiger partial charge in [-0.05, 0) is 29.2 Å². The molecule has 0 aliphatic carbocycles. The van der Waals surface area contributed by atoms with Crippen LogP contribution in [0, 0.1) is 0 Å². The topological polar surface area (TPSA) is 43.4 Å². The van der Waals surface area contributed by atoms with E-state index in [0.717, 1.165) is 29.2 Å². The number of ether oxygens (including phenoxy) is 1. The minimum absolute atomic E-state index is 0.0192. The normalized spacial score (nSPS) is 12.2. The molecule has 0 aromatic heterocycles. The van der Waals surface area contributed by atoms with E-state index < -0.39 is 0 Å². The second kappa shape index (κ2) is 8.13. The fourth-order valence-corrected chi connectivity index (χ4v) is 3.27. The van der Waals surface area contributed by atoms with E-state index in [0.29, 0.717) is 23.8 Å². The molecule has 0 fully saturated rings. The predicted molar refractivity (Wildman–Crippen MR) is 107 cm³/mol. The highest BCUT2D eigenvalue weighted by molar-refractivity contribution is 5.94. The smallest absolute Gasteiger partial charge is 0.313 e. The van der Waals surface area contributed by atoms with Crippen molar-refractivity contribution in [2.45, 2.75) is 39.0 Å². The summed E-state index contributed by atoms with van der Waals surface area (Å²) in [6.45, 7) is 4.51. The third kappa shape index (κ3) is 3.62. The molecule has 0 aliphatic rings. The Morgan fingerprint density at radius 1 is 0.962 bits per heavy atom. The van der Waals surface area contributed by atoms with E-state index in [1.807, 2.05) is 61.5 Å². The van der Waals surface area contributed by atoms with Gasteiger partial charge in [0.1, 0.15) is 0 Å². The number of hydrogen-bond donors (Lipinski definition) is 0. The van der Waals surface area contributed by atoms with Crippen LogP contribution >= 0.6 is 0 Å². The highest BCUT2D eigenvalue weighted by atomic mass is 16.5. The molecule has 0 bridgehead atoms. The van der Waals surface area contributed by atoms with Gasteiger partial charge in [-0.3, -0.25) is 9.59 Å². The first-order valence-corrected chi connectivity index (χ1v) is 9.28. The van der Waals surface area contributed by atoms with Crippen LogP contribution in [0.1, 0.15) is 44.6 Å². The molecule has 3 heteroatoms. The zero-order chi connectivity index (χ0) is 18.5. The summed E-state index contributed by atoms with van der Waals surface area (Å²) in [7, 11) is 0. The van der Waals surface area contributed by atoms with Crippen LogP contribution in [0.5, 0.6) is 0 Å². The Morgan fingerprint density at radius 3 is 2.46 bits per heavy atom. The standard InChI is InChI=1S/C23H24O3/c1-3-5-14-26-23(25)19(4-2)17-12-13-21-18(15-17)11-10-16-8-6-7-9-20(16)22(21)24/h6-13,15,19H,3-5,14H2,1-2H3. The molecule has 0 saturated heterocycles. The molecule has 134 valence electrons. The lowest BCUT2D eigenvalue weighted by molar-refractivity contribution is -0.145. The lowest BCUT2D eigenvalue weighted by atomic mass is 9.94. The van der Waals surface area contributed by atoms with Crippen molar-refractivity contribution in [2.75, 3.05) is 6.61 Å². The summed E-state index contributed by atoms with van der Waals surface area (Å²) >= 11 is 0. The fourth-order valence-electron chi connectivity index (χ4n) is 3.27. The van der Waals surface area contributed by atoms with Crippen molar-refractivity contribution < 1.29 is 9.53 Å². The molecule has 0 saturated carbocycles. The molecule has 0 radical (unpaired) electrons. The monoisotopic (exact) mass is 348 g/mol. The number of fused-ring (bicyclic) bond motifs is 2. The van der Waals surface area contributed by atoms with Gasteiger partial charge >= 0.3 is 5.97 Å². The number of hydrogen-bond acceptors (Lipinski definition) is 3. The Morgan fingerprint density at radius 2 is 1.69 bits per heavy atom. The SMILES string of the molecule is CCCCOC(=O)C(CC)c1ccc2c(=O)c3ccccc3ccc2c1. The summed E-state index contributed by atoms with van der Waals surface area (Å²) in [5.74, 6) is -0.487. The first kappa shape index (κ1) is 18.1. The van der Waals surface area contributed by atoms with E-state index in [4.69, 9.17) is 4.74 Å². The van der Waals surface area contributed by atoms with E-state index >= 15 is 0 Å². The lowest BCUT2D eigenvalue weighted by Gasteiger charge is -2.15. The molecule has 0 N–H and O–H groups in total. The van der Waals surface area contributed by atoms with Gasteiger partial charge in [-0.1, -0.05) is 74.9 Å². The molecule has 0 spiro atoms. The van der Waals surface area contributed by atoms with Crippen molar-refractivity contribution in [1.82, 2.24) is 0 Å². The van der Waals surface area contributed by atoms with Crippen molar-refractivity contribution in [2.24, 2.45) is 0 Å². The quantitative estimate of drug-likeness (QED) is 0.455. The Bertz CT molecular complexity index is 991. The molecule has 1 atom stereocenters. The number of carbonyl (C=O) groups excluding carboxylic acids is 1. The van der Waals surface area contributed by atoms with Gasteiger partial charge in [0.25, 0.3) is 0 Å². The van der Waals surface area contributed by atoms with Crippen LogP contribution in [0.3, 0.4) is 0 Å². The molecule has 3 aromatic carbocycles. The first-order chi connectivity index (χ1) is 12.7.